The minimum Gasteiger partial charge on any atom is -0.444 e. The molecule has 0 radical (unpaired) electrons. The number of ether oxygens (including phenoxy) is 2. The molecule has 2 fully saturated rings. The fourth-order valence-electron chi connectivity index (χ4n) is 3.31. The van der Waals surface area contributed by atoms with E-state index in [-0.39, 0.29) is 17.2 Å². The molecule has 0 aromatic rings. The summed E-state index contributed by atoms with van der Waals surface area (Å²) < 4.78 is 10.4. The van der Waals surface area contributed by atoms with Crippen LogP contribution in [-0.2, 0) is 9.47 Å². The summed E-state index contributed by atoms with van der Waals surface area (Å²) in [6.45, 7) is 25.9. The lowest BCUT2D eigenvalue weighted by Gasteiger charge is -2.29. The summed E-state index contributed by atoms with van der Waals surface area (Å²) in [5.74, 6) is 0. The Hall–Kier alpha value is -2.06. The van der Waals surface area contributed by atoms with Crippen molar-refractivity contribution in [1.82, 2.24) is 20.9 Å². The van der Waals surface area contributed by atoms with Gasteiger partial charge in [-0.25, -0.2) is 9.59 Å². The van der Waals surface area contributed by atoms with Crippen molar-refractivity contribution >= 4 is 12.2 Å². The Kier molecular flexibility index (Phi) is 8.36. The third kappa shape index (κ3) is 8.91. The molecule has 178 valence electrons. The zero-order chi connectivity index (χ0) is 24.3. The Labute approximate surface area is 187 Å². The summed E-state index contributed by atoms with van der Waals surface area (Å²) in [4.78, 5) is 25.4. The van der Waals surface area contributed by atoms with Gasteiger partial charge in [0, 0.05) is 26.2 Å². The molecule has 0 saturated carbocycles. The monoisotopic (exact) mass is 438 g/mol. The van der Waals surface area contributed by atoms with Crippen LogP contribution < -0.4 is 16.0 Å². The second-order valence-corrected chi connectivity index (χ2v) is 10.9. The number of rotatable bonds is 2. The molecule has 31 heavy (non-hydrogen) atoms. The summed E-state index contributed by atoms with van der Waals surface area (Å²) >= 11 is 0. The number of nitrogens with one attached hydrogen (secondary N) is 3. The number of amides is 2. The van der Waals surface area contributed by atoms with Crippen molar-refractivity contribution < 1.29 is 19.1 Å². The van der Waals surface area contributed by atoms with E-state index < -0.39 is 17.3 Å². The van der Waals surface area contributed by atoms with Crippen LogP contribution in [0.3, 0.4) is 0 Å². The molecule has 2 atom stereocenters. The van der Waals surface area contributed by atoms with E-state index in [0.29, 0.717) is 6.54 Å². The van der Waals surface area contributed by atoms with Crippen molar-refractivity contribution in [2.24, 2.45) is 0 Å². The normalized spacial score (nSPS) is 26.7. The third-order valence-corrected chi connectivity index (χ3v) is 4.98. The second-order valence-electron chi connectivity index (χ2n) is 10.9. The molecule has 8 nitrogen and oxygen atoms in total. The molecule has 2 heterocycles. The van der Waals surface area contributed by atoms with Crippen LogP contribution in [0.5, 0.6) is 0 Å². The molecular formula is C23H42N4O4. The van der Waals surface area contributed by atoms with Gasteiger partial charge in [-0.15, -0.1) is 0 Å². The Morgan fingerprint density at radius 3 is 1.71 bits per heavy atom. The highest BCUT2D eigenvalue weighted by Gasteiger charge is 2.38. The first-order chi connectivity index (χ1) is 13.9. The fraction of sp³-hybridized carbons (Fsp3) is 0.739. The van der Waals surface area contributed by atoms with E-state index in [1.807, 2.05) is 62.4 Å². The minimum absolute atomic E-state index is 0.378. The smallest absolute Gasteiger partial charge is 0.408 e. The van der Waals surface area contributed by atoms with Crippen LogP contribution in [0, 0.1) is 0 Å². The van der Waals surface area contributed by atoms with Gasteiger partial charge in [-0.05, 0) is 73.6 Å². The summed E-state index contributed by atoms with van der Waals surface area (Å²) in [7, 11) is 2.01. The molecular weight excluding hydrogens is 396 g/mol. The van der Waals surface area contributed by atoms with Crippen LogP contribution in [-0.4, -0.2) is 72.6 Å². The number of hydrogen-bond acceptors (Lipinski definition) is 6. The number of nitrogens with zero attached hydrogens (tertiary/aromatic N) is 1. The number of alkyl carbamates (subject to hydrolysis) is 2. The van der Waals surface area contributed by atoms with Gasteiger partial charge in [-0.3, -0.25) is 4.90 Å². The summed E-state index contributed by atoms with van der Waals surface area (Å²) in [6, 6.07) is 0. The van der Waals surface area contributed by atoms with E-state index in [4.69, 9.17) is 9.47 Å². The molecule has 0 bridgehead atoms. The zero-order valence-corrected chi connectivity index (χ0v) is 20.8. The lowest BCUT2D eigenvalue weighted by Crippen LogP contribution is -2.50. The van der Waals surface area contributed by atoms with Gasteiger partial charge in [-0.2, -0.15) is 0 Å². The van der Waals surface area contributed by atoms with Crippen LogP contribution >= 0.6 is 0 Å². The molecule has 3 N–H and O–H groups in total. The van der Waals surface area contributed by atoms with Gasteiger partial charge in [0.2, 0.25) is 0 Å². The fourth-order valence-corrected chi connectivity index (χ4v) is 3.31. The molecule has 2 amide bonds. The highest BCUT2D eigenvalue weighted by molar-refractivity contribution is 5.70. The summed E-state index contributed by atoms with van der Waals surface area (Å²) in [5, 5.41) is 8.89. The van der Waals surface area contributed by atoms with Crippen LogP contribution in [0.1, 0.15) is 55.4 Å². The maximum absolute atomic E-state index is 11.7. The number of likely N-dealkylation sites (tertiary alicyclic amines) is 1. The van der Waals surface area contributed by atoms with Crippen molar-refractivity contribution in [1.29, 1.82) is 0 Å². The quantitative estimate of drug-likeness (QED) is 0.574. The molecule has 0 aromatic carbocycles. The number of carbonyl (C=O) groups is 2. The molecule has 0 spiro atoms. The summed E-state index contributed by atoms with van der Waals surface area (Å²) in [6.07, 6.45) is -0.777. The predicted molar refractivity (Wildman–Crippen MR) is 124 cm³/mol. The van der Waals surface area contributed by atoms with Gasteiger partial charge < -0.3 is 25.4 Å². The van der Waals surface area contributed by atoms with Crippen LogP contribution in [0.25, 0.3) is 0 Å². The average Bonchev–Trinajstić information content (AvgIpc) is 2.94. The largest absolute Gasteiger partial charge is 0.444 e. The van der Waals surface area contributed by atoms with Crippen molar-refractivity contribution in [2.45, 2.75) is 77.7 Å². The lowest BCUT2D eigenvalue weighted by atomic mass is 9.97. The van der Waals surface area contributed by atoms with E-state index in [0.717, 1.165) is 30.8 Å². The maximum atomic E-state index is 11.7. The molecule has 2 aliphatic heterocycles. The van der Waals surface area contributed by atoms with Gasteiger partial charge in [0.25, 0.3) is 0 Å². The van der Waals surface area contributed by atoms with Gasteiger partial charge in [0.05, 0.1) is 11.1 Å². The first-order valence-corrected chi connectivity index (χ1v) is 10.6. The van der Waals surface area contributed by atoms with Crippen molar-refractivity contribution in [3.8, 4) is 0 Å². The molecule has 0 aliphatic carbocycles. The van der Waals surface area contributed by atoms with E-state index in [1.165, 1.54) is 0 Å². The Balaban J connectivity index is 0.000000311. The number of carbonyl (C=O) groups excluding carboxylic acids is 2. The molecule has 0 aromatic heterocycles. The SMILES string of the molecule is C=C1CN(C)C[C@]1(C)NC(=O)OC(C)(C)C.C=C1CNC[C@]1(C)NC(=O)OC(C)(C)C. The van der Waals surface area contributed by atoms with Gasteiger partial charge in [0.1, 0.15) is 11.2 Å². The first kappa shape index (κ1) is 27.0. The molecule has 8 heteroatoms. The molecule has 2 saturated heterocycles. The van der Waals surface area contributed by atoms with Gasteiger partial charge >= 0.3 is 12.2 Å². The Morgan fingerprint density at radius 2 is 1.39 bits per heavy atom. The van der Waals surface area contributed by atoms with E-state index >= 15 is 0 Å². The number of likely N-dealkylation sites (N-methyl/N-ethyl adjacent to an activating group) is 1. The van der Waals surface area contributed by atoms with Crippen LogP contribution in [0.2, 0.25) is 0 Å². The highest BCUT2D eigenvalue weighted by atomic mass is 16.6. The zero-order valence-electron chi connectivity index (χ0n) is 20.8. The van der Waals surface area contributed by atoms with Crippen LogP contribution in [0.15, 0.2) is 24.3 Å². The van der Waals surface area contributed by atoms with E-state index in [1.54, 1.807) is 0 Å². The van der Waals surface area contributed by atoms with Gasteiger partial charge in [-0.1, -0.05) is 13.2 Å². The van der Waals surface area contributed by atoms with E-state index in [2.05, 4.69) is 34.0 Å². The Morgan fingerprint density at radius 1 is 0.935 bits per heavy atom. The number of hydrogen-bond donors (Lipinski definition) is 3. The van der Waals surface area contributed by atoms with Crippen LogP contribution in [0.4, 0.5) is 9.59 Å². The van der Waals surface area contributed by atoms with E-state index in [9.17, 15) is 9.59 Å². The van der Waals surface area contributed by atoms with Gasteiger partial charge in [0.15, 0.2) is 0 Å². The van der Waals surface area contributed by atoms with Crippen molar-refractivity contribution in [3.63, 3.8) is 0 Å². The summed E-state index contributed by atoms with van der Waals surface area (Å²) in [5.41, 5.74) is 0.300. The Bertz CT molecular complexity index is 707. The second kappa shape index (κ2) is 9.61. The third-order valence-electron chi connectivity index (χ3n) is 4.98. The maximum Gasteiger partial charge on any atom is 0.408 e. The highest BCUT2D eigenvalue weighted by Crippen LogP contribution is 2.24. The standard InChI is InChI=1S/C12H22N2O2.C11H20N2O2/c1-9-7-14(6)8-12(9,5)13-10(15)16-11(2,3)4;1-8-6-12-7-11(8,5)13-9(14)15-10(2,3)4/h1,7-8H2,2-6H3,(H,13,15);12H,1,6-7H2,2-5H3,(H,13,14)/t12-;11-/m00/s1. The average molecular weight is 439 g/mol. The molecule has 0 unspecified atom stereocenters. The topological polar surface area (TPSA) is 91.9 Å². The van der Waals surface area contributed by atoms with Crippen molar-refractivity contribution in [2.75, 3.05) is 33.2 Å². The molecule has 2 aliphatic rings. The molecule has 2 rings (SSSR count). The first-order valence-electron chi connectivity index (χ1n) is 10.6. The van der Waals surface area contributed by atoms with Crippen molar-refractivity contribution in [3.05, 3.63) is 24.3 Å². The lowest BCUT2D eigenvalue weighted by molar-refractivity contribution is 0.0471. The minimum atomic E-state index is -0.466. The predicted octanol–water partition coefficient (Wildman–Crippen LogP) is 3.20.